The van der Waals surface area contributed by atoms with E-state index in [4.69, 9.17) is 4.84 Å². The fourth-order valence-electron chi connectivity index (χ4n) is 3.60. The summed E-state index contributed by atoms with van der Waals surface area (Å²) in [5.74, 6) is -0.524. The normalized spacial score (nSPS) is 13.5. The molecule has 0 saturated carbocycles. The molecule has 0 aliphatic carbocycles. The van der Waals surface area contributed by atoms with E-state index in [0.29, 0.717) is 35.7 Å². The molecule has 10 heteroatoms. The summed E-state index contributed by atoms with van der Waals surface area (Å²) in [7, 11) is 0. The number of aryl methyl sites for hydroxylation is 1. The Balaban J connectivity index is 1.48. The van der Waals surface area contributed by atoms with Gasteiger partial charge in [-0.15, -0.1) is 0 Å². The van der Waals surface area contributed by atoms with Crippen molar-refractivity contribution in [1.29, 1.82) is 0 Å². The standard InChI is InChI=1S/C22H20FN7O2/c1-13-9-15(23)18(29-22(31)30-7-4-8-32-30)10-17(13)28-16-6-3-2-5-14(16)19-20-21(26-11-24-19)27-12-25-20/h2-3,5-6,9-12,28H,4,7-8H2,1H3,(H,29,31)(H,24,25,26,27). The third kappa shape index (κ3) is 3.71. The van der Waals surface area contributed by atoms with Gasteiger partial charge in [-0.3, -0.25) is 4.84 Å². The number of para-hydroxylation sites is 1. The Labute approximate surface area is 182 Å². The first-order chi connectivity index (χ1) is 15.6. The van der Waals surface area contributed by atoms with Gasteiger partial charge in [-0.2, -0.15) is 0 Å². The molecule has 4 aromatic rings. The topological polar surface area (TPSA) is 108 Å². The van der Waals surface area contributed by atoms with Crippen LogP contribution in [-0.4, -0.2) is 44.2 Å². The second-order valence-corrected chi connectivity index (χ2v) is 7.36. The number of nitrogens with zero attached hydrogens (tertiary/aromatic N) is 4. The minimum absolute atomic E-state index is 0.0640. The Morgan fingerprint density at radius 2 is 2.03 bits per heavy atom. The maximum Gasteiger partial charge on any atom is 0.345 e. The highest BCUT2D eigenvalue weighted by Gasteiger charge is 2.21. The zero-order valence-corrected chi connectivity index (χ0v) is 17.2. The van der Waals surface area contributed by atoms with Crippen LogP contribution in [0.3, 0.4) is 0 Å². The van der Waals surface area contributed by atoms with Gasteiger partial charge in [-0.05, 0) is 37.1 Å². The van der Waals surface area contributed by atoms with Crippen molar-refractivity contribution in [2.24, 2.45) is 0 Å². The summed E-state index contributed by atoms with van der Waals surface area (Å²) in [5, 5.41) is 7.14. The van der Waals surface area contributed by atoms with Crippen molar-refractivity contribution in [3.05, 3.63) is 60.4 Å². The molecular formula is C22H20FN7O2. The van der Waals surface area contributed by atoms with Crippen LogP contribution in [0.15, 0.2) is 49.1 Å². The van der Waals surface area contributed by atoms with Crippen molar-refractivity contribution < 1.29 is 14.0 Å². The quantitative estimate of drug-likeness (QED) is 0.441. The predicted molar refractivity (Wildman–Crippen MR) is 118 cm³/mol. The molecule has 1 aliphatic heterocycles. The molecule has 0 radical (unpaired) electrons. The van der Waals surface area contributed by atoms with Gasteiger partial charge in [0.15, 0.2) is 5.65 Å². The molecule has 2 aromatic carbocycles. The van der Waals surface area contributed by atoms with E-state index in [1.807, 2.05) is 24.3 Å². The van der Waals surface area contributed by atoms with E-state index in [1.54, 1.807) is 19.3 Å². The lowest BCUT2D eigenvalue weighted by Gasteiger charge is -2.18. The van der Waals surface area contributed by atoms with Crippen LogP contribution in [0.1, 0.15) is 12.0 Å². The molecule has 32 heavy (non-hydrogen) atoms. The zero-order valence-electron chi connectivity index (χ0n) is 17.2. The summed E-state index contributed by atoms with van der Waals surface area (Å²) in [6, 6.07) is 10.1. The number of hydrogen-bond donors (Lipinski definition) is 3. The largest absolute Gasteiger partial charge is 0.355 e. The number of carbonyl (C=O) groups excluding carboxylic acids is 1. The van der Waals surface area contributed by atoms with Gasteiger partial charge in [0.25, 0.3) is 0 Å². The molecule has 2 aromatic heterocycles. The number of amides is 2. The van der Waals surface area contributed by atoms with Gasteiger partial charge in [0.1, 0.15) is 23.4 Å². The van der Waals surface area contributed by atoms with Gasteiger partial charge in [0.2, 0.25) is 0 Å². The van der Waals surface area contributed by atoms with Gasteiger partial charge in [-0.1, -0.05) is 18.2 Å². The van der Waals surface area contributed by atoms with Crippen LogP contribution in [0, 0.1) is 12.7 Å². The van der Waals surface area contributed by atoms with E-state index >= 15 is 0 Å². The average Bonchev–Trinajstić information content (AvgIpc) is 3.49. The van der Waals surface area contributed by atoms with Crippen molar-refractivity contribution in [1.82, 2.24) is 25.0 Å². The van der Waals surface area contributed by atoms with Crippen molar-refractivity contribution >= 4 is 34.3 Å². The summed E-state index contributed by atoms with van der Waals surface area (Å²) < 4.78 is 14.6. The fourth-order valence-corrected chi connectivity index (χ4v) is 3.60. The molecule has 1 saturated heterocycles. The van der Waals surface area contributed by atoms with Crippen LogP contribution in [0.2, 0.25) is 0 Å². The van der Waals surface area contributed by atoms with Crippen molar-refractivity contribution in [2.45, 2.75) is 13.3 Å². The summed E-state index contributed by atoms with van der Waals surface area (Å²) >= 11 is 0. The van der Waals surface area contributed by atoms with Crippen molar-refractivity contribution in [3.63, 3.8) is 0 Å². The number of halogens is 1. The van der Waals surface area contributed by atoms with Crippen LogP contribution in [0.25, 0.3) is 22.4 Å². The van der Waals surface area contributed by atoms with Gasteiger partial charge in [-0.25, -0.2) is 29.2 Å². The van der Waals surface area contributed by atoms with Gasteiger partial charge in [0, 0.05) is 16.9 Å². The van der Waals surface area contributed by atoms with Crippen molar-refractivity contribution in [2.75, 3.05) is 23.8 Å². The Bertz CT molecular complexity index is 1300. The monoisotopic (exact) mass is 433 g/mol. The Morgan fingerprint density at radius 3 is 2.88 bits per heavy atom. The van der Waals surface area contributed by atoms with Crippen molar-refractivity contribution in [3.8, 4) is 11.3 Å². The number of hydroxylamine groups is 2. The molecular weight excluding hydrogens is 413 g/mol. The summed E-state index contributed by atoms with van der Waals surface area (Å²) in [6.45, 7) is 2.74. The molecule has 162 valence electrons. The maximum absolute atomic E-state index is 14.6. The molecule has 2 amide bonds. The van der Waals surface area contributed by atoms with E-state index < -0.39 is 11.8 Å². The van der Waals surface area contributed by atoms with Gasteiger partial charge in [0.05, 0.1) is 25.2 Å². The molecule has 3 N–H and O–H groups in total. The second kappa shape index (κ2) is 8.23. The maximum atomic E-state index is 14.6. The Kier molecular flexibility index (Phi) is 5.12. The fraction of sp³-hybridized carbons (Fsp3) is 0.182. The molecule has 3 heterocycles. The average molecular weight is 433 g/mol. The number of rotatable bonds is 4. The first kappa shape index (κ1) is 19.9. The molecule has 9 nitrogen and oxygen atoms in total. The number of fused-ring (bicyclic) bond motifs is 1. The van der Waals surface area contributed by atoms with E-state index in [2.05, 4.69) is 30.6 Å². The number of anilines is 3. The molecule has 0 spiro atoms. The highest BCUT2D eigenvalue weighted by atomic mass is 19.1. The number of carbonyl (C=O) groups is 1. The van der Waals surface area contributed by atoms with Crippen LogP contribution in [0.4, 0.5) is 26.2 Å². The third-order valence-electron chi connectivity index (χ3n) is 5.21. The number of aromatic amines is 1. The Hall–Kier alpha value is -4.05. The third-order valence-corrected chi connectivity index (χ3v) is 5.21. The number of urea groups is 1. The molecule has 1 fully saturated rings. The number of imidazole rings is 1. The highest BCUT2D eigenvalue weighted by molar-refractivity contribution is 5.93. The van der Waals surface area contributed by atoms with E-state index in [1.165, 1.54) is 17.5 Å². The lowest BCUT2D eigenvalue weighted by Crippen LogP contribution is -2.31. The molecule has 5 rings (SSSR count). The summed E-state index contributed by atoms with van der Waals surface area (Å²) in [4.78, 5) is 33.4. The number of H-pyrrole nitrogens is 1. The van der Waals surface area contributed by atoms with Crippen LogP contribution < -0.4 is 10.6 Å². The van der Waals surface area contributed by atoms with E-state index in [-0.39, 0.29) is 5.69 Å². The first-order valence-electron chi connectivity index (χ1n) is 10.1. The van der Waals surface area contributed by atoms with E-state index in [0.717, 1.165) is 23.2 Å². The Morgan fingerprint density at radius 1 is 1.16 bits per heavy atom. The minimum atomic E-state index is -0.524. The number of benzene rings is 2. The van der Waals surface area contributed by atoms with Crippen LogP contribution >= 0.6 is 0 Å². The molecule has 0 unspecified atom stereocenters. The second-order valence-electron chi connectivity index (χ2n) is 7.36. The smallest absolute Gasteiger partial charge is 0.345 e. The number of nitrogens with one attached hydrogen (secondary N) is 3. The molecule has 0 atom stereocenters. The predicted octanol–water partition coefficient (Wildman–Crippen LogP) is 4.38. The van der Waals surface area contributed by atoms with Gasteiger partial charge >= 0.3 is 6.03 Å². The summed E-state index contributed by atoms with van der Waals surface area (Å²) in [5.41, 5.74) is 4.95. The molecule has 1 aliphatic rings. The molecule has 0 bridgehead atoms. The SMILES string of the molecule is Cc1cc(F)c(NC(=O)N2CCCO2)cc1Nc1ccccc1-c1ncnc2nc[nH]c12. The lowest BCUT2D eigenvalue weighted by atomic mass is 10.1. The minimum Gasteiger partial charge on any atom is -0.355 e. The lowest BCUT2D eigenvalue weighted by molar-refractivity contribution is -0.0614. The van der Waals surface area contributed by atoms with Crippen LogP contribution in [-0.2, 0) is 4.84 Å². The zero-order chi connectivity index (χ0) is 22.1. The van der Waals surface area contributed by atoms with Crippen LogP contribution in [0.5, 0.6) is 0 Å². The number of hydrogen-bond acceptors (Lipinski definition) is 6. The van der Waals surface area contributed by atoms with Gasteiger partial charge < -0.3 is 15.6 Å². The number of aromatic nitrogens is 4. The highest BCUT2D eigenvalue weighted by Crippen LogP contribution is 2.34. The summed E-state index contributed by atoms with van der Waals surface area (Å²) in [6.07, 6.45) is 3.79. The van der Waals surface area contributed by atoms with E-state index in [9.17, 15) is 9.18 Å². The first-order valence-corrected chi connectivity index (χ1v) is 10.1.